The Morgan fingerprint density at radius 1 is 0.831 bits per heavy atom. The third-order valence-corrected chi connectivity index (χ3v) is 17.2. The molecule has 20 heteroatoms. The maximum atomic E-state index is 15.0. The highest BCUT2D eigenvalue weighted by molar-refractivity contribution is 6.06. The van der Waals surface area contributed by atoms with Crippen molar-refractivity contribution in [1.29, 1.82) is 5.26 Å². The summed E-state index contributed by atoms with van der Waals surface area (Å²) in [4.78, 5) is 94.4. The van der Waals surface area contributed by atoms with E-state index in [2.05, 4.69) is 26.7 Å². The number of fused-ring (bicyclic) bond motifs is 2. The van der Waals surface area contributed by atoms with Crippen LogP contribution < -0.4 is 25.2 Å². The van der Waals surface area contributed by atoms with Gasteiger partial charge in [-0.1, -0.05) is 6.07 Å². The van der Waals surface area contributed by atoms with Crippen molar-refractivity contribution in [3.05, 3.63) is 107 Å². The Balaban J connectivity index is 0.689. The van der Waals surface area contributed by atoms with E-state index in [-0.39, 0.29) is 54.2 Å². The van der Waals surface area contributed by atoms with Gasteiger partial charge in [-0.2, -0.15) is 10.4 Å². The zero-order chi connectivity index (χ0) is 53.6. The van der Waals surface area contributed by atoms with Crippen LogP contribution in [0.4, 0.5) is 20.3 Å². The van der Waals surface area contributed by atoms with E-state index in [1.54, 1.807) is 21.8 Å². The third kappa shape index (κ3) is 10.0. The molecule has 1 spiro atoms. The van der Waals surface area contributed by atoms with Gasteiger partial charge in [0.25, 0.3) is 11.8 Å². The number of imide groups is 1. The minimum atomic E-state index is -1.39. The van der Waals surface area contributed by atoms with Crippen molar-refractivity contribution in [2.24, 2.45) is 11.3 Å². The molecule has 4 saturated heterocycles. The van der Waals surface area contributed by atoms with Crippen molar-refractivity contribution >= 4 is 52.5 Å². The number of nitriles is 1. The van der Waals surface area contributed by atoms with Crippen molar-refractivity contribution < 1.29 is 42.3 Å². The highest BCUT2D eigenvalue weighted by Gasteiger charge is 2.48. The average molecular weight is 1050 g/mol. The Kier molecular flexibility index (Phi) is 13.9. The summed E-state index contributed by atoms with van der Waals surface area (Å²) in [7, 11) is 0. The van der Waals surface area contributed by atoms with E-state index in [0.29, 0.717) is 107 Å². The van der Waals surface area contributed by atoms with Crippen LogP contribution in [0.3, 0.4) is 0 Å². The number of nitrogens with one attached hydrogen (secondary N) is 2. The molecule has 400 valence electrons. The normalized spacial score (nSPS) is 20.5. The van der Waals surface area contributed by atoms with E-state index >= 15 is 4.39 Å². The molecule has 5 aromatic rings. The molecule has 0 bridgehead atoms. The number of carbonyl (C=O) groups is 6. The molecule has 3 aromatic heterocycles. The second-order valence-electron chi connectivity index (χ2n) is 21.6. The minimum Gasteiger partial charge on any atom is -0.492 e. The zero-order valence-electron chi connectivity index (χ0n) is 43.1. The molecule has 1 unspecified atom stereocenters. The molecule has 1 aliphatic carbocycles. The molecule has 8 heterocycles. The van der Waals surface area contributed by atoms with Crippen LogP contribution in [0.1, 0.15) is 109 Å². The highest BCUT2D eigenvalue weighted by Crippen LogP contribution is 2.48. The van der Waals surface area contributed by atoms with Gasteiger partial charge in [-0.3, -0.25) is 34.1 Å². The van der Waals surface area contributed by atoms with E-state index in [4.69, 9.17) is 9.72 Å². The van der Waals surface area contributed by atoms with Gasteiger partial charge in [-0.25, -0.2) is 18.3 Å². The molecule has 11 rings (SSSR count). The Bertz CT molecular complexity index is 3200. The number of pyridine rings is 2. The monoisotopic (exact) mass is 1050 g/mol. The van der Waals surface area contributed by atoms with E-state index in [9.17, 15) is 38.4 Å². The van der Waals surface area contributed by atoms with Crippen LogP contribution >= 0.6 is 0 Å². The first-order valence-corrected chi connectivity index (χ1v) is 26.9. The topological polar surface area (TPSA) is 206 Å². The number of halogens is 2. The van der Waals surface area contributed by atoms with Gasteiger partial charge >= 0.3 is 0 Å². The molecular formula is C57H61F2N11O7. The number of rotatable bonds is 11. The number of likely N-dealkylation sites (tertiary alicyclic amines) is 1. The molecule has 5 aliphatic heterocycles. The summed E-state index contributed by atoms with van der Waals surface area (Å²) in [5, 5.41) is 19.4. The molecule has 6 amide bonds. The van der Waals surface area contributed by atoms with E-state index in [1.807, 2.05) is 58.0 Å². The Morgan fingerprint density at radius 2 is 1.60 bits per heavy atom. The van der Waals surface area contributed by atoms with Gasteiger partial charge in [-0.05, 0) is 130 Å². The third-order valence-electron chi connectivity index (χ3n) is 17.2. The lowest BCUT2D eigenvalue weighted by molar-refractivity contribution is -0.142. The predicted octanol–water partition coefficient (Wildman–Crippen LogP) is 6.01. The van der Waals surface area contributed by atoms with Gasteiger partial charge in [0.15, 0.2) is 0 Å². The molecule has 0 radical (unpaired) electrons. The molecule has 1 atom stereocenters. The highest BCUT2D eigenvalue weighted by atomic mass is 19.1. The van der Waals surface area contributed by atoms with Crippen molar-refractivity contribution in [2.75, 3.05) is 68.8 Å². The van der Waals surface area contributed by atoms with Gasteiger partial charge < -0.3 is 34.6 Å². The van der Waals surface area contributed by atoms with Crippen LogP contribution in [0.25, 0.3) is 16.6 Å². The molecule has 18 nitrogen and oxygen atoms in total. The molecular weight excluding hydrogens is 989 g/mol. The number of carbonyl (C=O) groups excluding carboxylic acids is 6. The van der Waals surface area contributed by atoms with Crippen molar-refractivity contribution in [1.82, 2.24) is 39.9 Å². The maximum Gasteiger partial charge on any atom is 0.255 e. The molecule has 2 N–H and O–H groups in total. The van der Waals surface area contributed by atoms with Gasteiger partial charge in [0, 0.05) is 100 Å². The van der Waals surface area contributed by atoms with Gasteiger partial charge in [0.2, 0.25) is 23.6 Å². The zero-order valence-corrected chi connectivity index (χ0v) is 43.1. The van der Waals surface area contributed by atoms with Gasteiger partial charge in [-0.15, -0.1) is 0 Å². The summed E-state index contributed by atoms with van der Waals surface area (Å²) in [5.41, 5.74) is 3.01. The second-order valence-corrected chi connectivity index (χ2v) is 21.6. The number of benzene rings is 2. The molecule has 2 aromatic carbocycles. The van der Waals surface area contributed by atoms with Crippen LogP contribution in [-0.4, -0.2) is 135 Å². The summed E-state index contributed by atoms with van der Waals surface area (Å²) < 4.78 is 36.8. The SMILES string of the molecule is CCOc1cc(-c2ccc(N3CCC(NC(=O)c4cc(F)ccc4F)(C(=O)N4CCC5(CCC(CC(=O)N6CCN(c7ccc8c(c7)C(=O)N(C7CCC(=O)NC7=O)C8)CC6)CC5)CC4)CC3)nc2)c2c(C#N)cnn2c1. The number of nitrogens with zero attached hydrogens (tertiary/aromatic N) is 9. The molecule has 77 heavy (non-hydrogen) atoms. The fraction of sp³-hybridized carbons (Fsp3) is 0.456. The van der Waals surface area contributed by atoms with Gasteiger partial charge in [0.1, 0.15) is 40.9 Å². The lowest BCUT2D eigenvalue weighted by Crippen LogP contribution is -2.65. The first kappa shape index (κ1) is 51.2. The standard InChI is InChI=1S/C57H61F2N11O7/c1-2-77-42-30-43(51-39(31-60)33-62-70(51)35-42)37-4-9-48(61-32-37)66-21-17-57(18-22-66,64-52(73)45-28-40(58)5-7-46(45)59)55(76)68-19-15-56(16-20-68)13-11-36(12-14-56)27-50(72)67-25-23-65(24-26-67)41-6-3-38-34-69(54(75)44(38)29-41)47-8-10-49(71)63-53(47)74/h3-7,9,28-30,32-33,35-36,47H,2,8,10-27,34H2,1H3,(H,64,73)(H,63,71,74). The summed E-state index contributed by atoms with van der Waals surface area (Å²) in [6, 6.07) is 15.7. The smallest absolute Gasteiger partial charge is 0.255 e. The molecule has 6 aliphatic rings. The largest absolute Gasteiger partial charge is 0.492 e. The average Bonchev–Trinajstić information content (AvgIpc) is 4.07. The first-order valence-electron chi connectivity index (χ1n) is 26.9. The summed E-state index contributed by atoms with van der Waals surface area (Å²) in [6.45, 7) is 6.72. The minimum absolute atomic E-state index is 0.0325. The number of piperazine rings is 1. The van der Waals surface area contributed by atoms with Crippen LogP contribution in [-0.2, 0) is 25.7 Å². The summed E-state index contributed by atoms with van der Waals surface area (Å²) >= 11 is 0. The number of hydrogen-bond acceptors (Lipinski definition) is 12. The number of piperidine rings is 3. The lowest BCUT2D eigenvalue weighted by Gasteiger charge is -2.49. The van der Waals surface area contributed by atoms with Crippen molar-refractivity contribution in [3.8, 4) is 22.9 Å². The number of amides is 6. The molecule has 5 fully saturated rings. The Labute approximate surface area is 444 Å². The van der Waals surface area contributed by atoms with E-state index in [0.717, 1.165) is 79.1 Å². The quantitative estimate of drug-likeness (QED) is 0.146. The summed E-state index contributed by atoms with van der Waals surface area (Å²) in [6.07, 6.45) is 11.6. The van der Waals surface area contributed by atoms with Crippen LogP contribution in [0.15, 0.2) is 73.2 Å². The maximum absolute atomic E-state index is 15.0. The Hall–Kier alpha value is -7.95. The predicted molar refractivity (Wildman–Crippen MR) is 278 cm³/mol. The number of hydrogen-bond donors (Lipinski definition) is 2. The van der Waals surface area contributed by atoms with Crippen LogP contribution in [0, 0.1) is 34.3 Å². The fourth-order valence-electron chi connectivity index (χ4n) is 12.7. The molecule has 1 saturated carbocycles. The van der Waals surface area contributed by atoms with Crippen LogP contribution in [0.5, 0.6) is 5.75 Å². The number of anilines is 2. The van der Waals surface area contributed by atoms with Crippen molar-refractivity contribution in [2.45, 2.75) is 95.7 Å². The number of ether oxygens (including phenoxy) is 1. The first-order chi connectivity index (χ1) is 37.2. The van der Waals surface area contributed by atoms with Crippen LogP contribution in [0.2, 0.25) is 0 Å². The fourth-order valence-corrected chi connectivity index (χ4v) is 12.7. The van der Waals surface area contributed by atoms with E-state index < -0.39 is 40.6 Å². The second kappa shape index (κ2) is 20.9. The van der Waals surface area contributed by atoms with E-state index in [1.165, 1.54) is 6.20 Å². The van der Waals surface area contributed by atoms with Gasteiger partial charge in [0.05, 0.1) is 35.6 Å². The summed E-state index contributed by atoms with van der Waals surface area (Å²) in [5.74, 6) is -2.07. The van der Waals surface area contributed by atoms with Crippen molar-refractivity contribution in [3.63, 3.8) is 0 Å². The number of aromatic nitrogens is 3. The lowest BCUT2D eigenvalue weighted by atomic mass is 9.65. The Morgan fingerprint density at radius 3 is 2.30 bits per heavy atom.